The molecule has 11 nitrogen and oxygen atoms in total. The van der Waals surface area contributed by atoms with Crippen molar-refractivity contribution < 1.29 is 9.90 Å². The number of aliphatic hydroxyl groups is 1. The zero-order valence-corrected chi connectivity index (χ0v) is 17.5. The lowest BCUT2D eigenvalue weighted by atomic mass is 9.92. The molecule has 5 heterocycles. The van der Waals surface area contributed by atoms with E-state index in [2.05, 4.69) is 30.5 Å². The van der Waals surface area contributed by atoms with Gasteiger partial charge in [-0.15, -0.1) is 0 Å². The number of pyridine rings is 1. The summed E-state index contributed by atoms with van der Waals surface area (Å²) < 4.78 is 3.30. The Bertz CT molecular complexity index is 1300. The van der Waals surface area contributed by atoms with Gasteiger partial charge in [-0.3, -0.25) is 14.5 Å². The number of nitrogens with zero attached hydrogens (tertiary/aromatic N) is 8. The number of anilines is 2. The first-order valence-corrected chi connectivity index (χ1v) is 10.0. The molecule has 1 saturated heterocycles. The molecule has 11 heteroatoms. The summed E-state index contributed by atoms with van der Waals surface area (Å²) in [5, 5.41) is 22.8. The van der Waals surface area contributed by atoms with Crippen LogP contribution in [0.2, 0.25) is 0 Å². The number of rotatable bonds is 5. The van der Waals surface area contributed by atoms with E-state index >= 15 is 0 Å². The lowest BCUT2D eigenvalue weighted by Gasteiger charge is -2.21. The van der Waals surface area contributed by atoms with Gasteiger partial charge in [0, 0.05) is 81.3 Å². The van der Waals surface area contributed by atoms with Crippen molar-refractivity contribution >= 4 is 17.7 Å². The summed E-state index contributed by atoms with van der Waals surface area (Å²) in [4.78, 5) is 26.9. The van der Waals surface area contributed by atoms with Crippen LogP contribution in [0.25, 0.3) is 17.1 Å². The Morgan fingerprint density at radius 1 is 1.12 bits per heavy atom. The highest BCUT2D eigenvalue weighted by molar-refractivity contribution is 5.88. The van der Waals surface area contributed by atoms with Gasteiger partial charge in [-0.05, 0) is 12.1 Å². The molecule has 162 valence electrons. The van der Waals surface area contributed by atoms with Crippen LogP contribution in [0.5, 0.6) is 0 Å². The Hall–Kier alpha value is -4.12. The average molecular weight is 431 g/mol. The van der Waals surface area contributed by atoms with Gasteiger partial charge in [-0.2, -0.15) is 15.2 Å². The SMILES string of the molecule is CN1CC[C@](O)(c2cncc(-c3ccn(-c4ccnc(Nc5ccn(C)n5)n4)n3)c2)C1=O. The maximum Gasteiger partial charge on any atom is 0.259 e. The van der Waals surface area contributed by atoms with Crippen molar-refractivity contribution in [3.8, 4) is 17.1 Å². The second-order valence-electron chi connectivity index (χ2n) is 7.68. The first kappa shape index (κ1) is 19.8. The van der Waals surface area contributed by atoms with Gasteiger partial charge in [0.15, 0.2) is 17.2 Å². The van der Waals surface area contributed by atoms with Crippen molar-refractivity contribution in [1.29, 1.82) is 0 Å². The van der Waals surface area contributed by atoms with Crippen molar-refractivity contribution in [1.82, 2.24) is 39.4 Å². The Labute approximate surface area is 183 Å². The molecule has 0 aliphatic carbocycles. The van der Waals surface area contributed by atoms with Crippen molar-refractivity contribution in [3.05, 3.63) is 60.8 Å². The predicted molar refractivity (Wildman–Crippen MR) is 115 cm³/mol. The summed E-state index contributed by atoms with van der Waals surface area (Å²) in [6.07, 6.45) is 8.73. The predicted octanol–water partition coefficient (Wildman–Crippen LogP) is 1.25. The zero-order chi connectivity index (χ0) is 22.3. The van der Waals surface area contributed by atoms with E-state index < -0.39 is 5.60 Å². The van der Waals surface area contributed by atoms with E-state index in [4.69, 9.17) is 0 Å². The number of aromatic nitrogens is 7. The molecule has 1 amide bonds. The van der Waals surface area contributed by atoms with Crippen molar-refractivity contribution in [2.24, 2.45) is 7.05 Å². The van der Waals surface area contributed by atoms with E-state index in [9.17, 15) is 9.90 Å². The van der Waals surface area contributed by atoms with Crippen molar-refractivity contribution in [2.45, 2.75) is 12.0 Å². The van der Waals surface area contributed by atoms with Crippen LogP contribution in [0.3, 0.4) is 0 Å². The second kappa shape index (κ2) is 7.54. The molecule has 0 unspecified atom stereocenters. The van der Waals surface area contributed by atoms with Gasteiger partial charge in [0.2, 0.25) is 5.95 Å². The van der Waals surface area contributed by atoms with Crippen LogP contribution in [-0.2, 0) is 17.4 Å². The number of hydrogen-bond donors (Lipinski definition) is 2. The number of aryl methyl sites for hydroxylation is 1. The van der Waals surface area contributed by atoms with Crippen molar-refractivity contribution in [2.75, 3.05) is 18.9 Å². The molecule has 5 rings (SSSR count). The highest BCUT2D eigenvalue weighted by Gasteiger charge is 2.45. The van der Waals surface area contributed by atoms with Crippen LogP contribution in [0.15, 0.2) is 55.2 Å². The van der Waals surface area contributed by atoms with Gasteiger partial charge < -0.3 is 15.3 Å². The molecule has 0 bridgehead atoms. The quantitative estimate of drug-likeness (QED) is 0.483. The molecule has 0 saturated carbocycles. The number of nitrogens with one attached hydrogen (secondary N) is 1. The molecule has 1 aliphatic heterocycles. The average Bonchev–Trinajstić information content (AvgIpc) is 3.52. The lowest BCUT2D eigenvalue weighted by Crippen LogP contribution is -2.36. The minimum atomic E-state index is -1.56. The summed E-state index contributed by atoms with van der Waals surface area (Å²) >= 11 is 0. The lowest BCUT2D eigenvalue weighted by molar-refractivity contribution is -0.143. The van der Waals surface area contributed by atoms with Crippen LogP contribution >= 0.6 is 0 Å². The number of amides is 1. The van der Waals surface area contributed by atoms with Crippen LogP contribution in [0, 0.1) is 0 Å². The van der Waals surface area contributed by atoms with E-state index in [-0.39, 0.29) is 5.91 Å². The molecule has 4 aromatic heterocycles. The second-order valence-corrected chi connectivity index (χ2v) is 7.68. The summed E-state index contributed by atoms with van der Waals surface area (Å²) in [6, 6.07) is 7.14. The Kier molecular flexibility index (Phi) is 4.67. The van der Waals surface area contributed by atoms with Crippen LogP contribution in [0.1, 0.15) is 12.0 Å². The molecule has 1 fully saturated rings. The topological polar surface area (TPSA) is 127 Å². The third-order valence-electron chi connectivity index (χ3n) is 5.44. The largest absolute Gasteiger partial charge is 0.375 e. The molecule has 0 spiro atoms. The number of hydrogen-bond acceptors (Lipinski definition) is 8. The van der Waals surface area contributed by atoms with E-state index in [1.807, 2.05) is 25.4 Å². The van der Waals surface area contributed by atoms with Crippen LogP contribution < -0.4 is 5.32 Å². The van der Waals surface area contributed by atoms with Crippen LogP contribution in [0.4, 0.5) is 11.8 Å². The minimum Gasteiger partial charge on any atom is -0.375 e. The molecule has 1 aliphatic rings. The number of carbonyl (C=O) groups is 1. The van der Waals surface area contributed by atoms with Crippen molar-refractivity contribution in [3.63, 3.8) is 0 Å². The van der Waals surface area contributed by atoms with E-state index in [1.54, 1.807) is 47.1 Å². The molecular formula is C21H21N9O2. The van der Waals surface area contributed by atoms with E-state index in [0.29, 0.717) is 47.4 Å². The maximum atomic E-state index is 12.4. The summed E-state index contributed by atoms with van der Waals surface area (Å²) in [6.45, 7) is 0.497. The highest BCUT2D eigenvalue weighted by Crippen LogP contribution is 2.33. The Morgan fingerprint density at radius 3 is 2.75 bits per heavy atom. The molecule has 4 aromatic rings. The molecule has 32 heavy (non-hydrogen) atoms. The van der Waals surface area contributed by atoms with E-state index in [1.165, 1.54) is 11.1 Å². The first-order chi connectivity index (χ1) is 15.4. The van der Waals surface area contributed by atoms with Gasteiger partial charge >= 0.3 is 0 Å². The molecule has 0 aromatic carbocycles. The number of likely N-dealkylation sites (tertiary alicyclic amines) is 1. The minimum absolute atomic E-state index is 0.323. The Balaban J connectivity index is 1.41. The monoisotopic (exact) mass is 431 g/mol. The fraction of sp³-hybridized carbons (Fsp3) is 0.238. The smallest absolute Gasteiger partial charge is 0.259 e. The molecular weight excluding hydrogens is 410 g/mol. The molecule has 1 atom stereocenters. The van der Waals surface area contributed by atoms with Gasteiger partial charge in [0.25, 0.3) is 5.91 Å². The third kappa shape index (κ3) is 3.48. The zero-order valence-electron chi connectivity index (χ0n) is 17.5. The highest BCUT2D eigenvalue weighted by atomic mass is 16.3. The van der Waals surface area contributed by atoms with Gasteiger partial charge in [0.05, 0.1) is 5.69 Å². The van der Waals surface area contributed by atoms with E-state index in [0.717, 1.165) is 0 Å². The Morgan fingerprint density at radius 2 is 2.00 bits per heavy atom. The maximum absolute atomic E-state index is 12.4. The molecule has 2 N–H and O–H groups in total. The summed E-state index contributed by atoms with van der Waals surface area (Å²) in [7, 11) is 3.51. The molecule has 0 radical (unpaired) electrons. The third-order valence-corrected chi connectivity index (χ3v) is 5.44. The fourth-order valence-electron chi connectivity index (χ4n) is 3.67. The van der Waals surface area contributed by atoms with Gasteiger partial charge in [-0.25, -0.2) is 9.67 Å². The standard InChI is InChI=1S/C21H21N9O2/c1-28-10-6-21(32,19(28)31)15-11-14(12-22-13-15)16-4-9-30(26-16)18-3-7-23-20(25-18)24-17-5-8-29(2)27-17/h3-5,7-9,11-13,32H,6,10H2,1-2H3,(H,23,24,25,27)/t21-/m0/s1. The van der Waals surface area contributed by atoms with Gasteiger partial charge in [0.1, 0.15) is 0 Å². The number of likely N-dealkylation sites (N-methyl/N-ethyl adjacent to an activating group) is 1. The first-order valence-electron chi connectivity index (χ1n) is 10.0. The normalized spacial score (nSPS) is 18.3. The number of carbonyl (C=O) groups excluding carboxylic acids is 1. The fourth-order valence-corrected chi connectivity index (χ4v) is 3.67. The summed E-state index contributed by atoms with van der Waals surface area (Å²) in [5.41, 5.74) is 0.235. The van der Waals surface area contributed by atoms with Gasteiger partial charge in [-0.1, -0.05) is 0 Å². The summed E-state index contributed by atoms with van der Waals surface area (Å²) in [5.74, 6) is 1.28. The van der Waals surface area contributed by atoms with Crippen LogP contribution in [-0.4, -0.2) is 64.0 Å².